The van der Waals surface area contributed by atoms with E-state index in [0.717, 1.165) is 46.5 Å². The maximum atomic E-state index is 15.3. The topological polar surface area (TPSA) is 146 Å². The van der Waals surface area contributed by atoms with Gasteiger partial charge < -0.3 is 15.8 Å². The molecule has 4 rings (SSSR count). The van der Waals surface area contributed by atoms with Crippen molar-refractivity contribution in [1.29, 1.82) is 0 Å². The SMILES string of the molecule is CCN=C(N)N(C(=O)c1ccc(-c2cnn(C(F)F)c2)c(F)c1)[C@H](COC(=O)NCC(C)(F)F)c1ccc(Cl)c(-n2ncnc2C(F)F)c1. The Bertz CT molecular complexity index is 1830. The second kappa shape index (κ2) is 15.3. The van der Waals surface area contributed by atoms with Crippen LogP contribution in [0, 0.1) is 5.82 Å². The molecule has 1 atom stereocenters. The molecule has 2 aromatic carbocycles. The highest BCUT2D eigenvalue weighted by Crippen LogP contribution is 2.32. The Morgan fingerprint density at radius 3 is 2.49 bits per heavy atom. The van der Waals surface area contributed by atoms with Gasteiger partial charge in [0.2, 0.25) is 0 Å². The van der Waals surface area contributed by atoms with Crippen LogP contribution < -0.4 is 11.1 Å². The van der Waals surface area contributed by atoms with Crippen molar-refractivity contribution in [2.24, 2.45) is 10.7 Å². The summed E-state index contributed by atoms with van der Waals surface area (Å²) in [5, 5.41) is 9.06. The van der Waals surface area contributed by atoms with E-state index in [1.807, 2.05) is 5.32 Å². The molecule has 0 unspecified atom stereocenters. The number of hydrogen-bond donors (Lipinski definition) is 2. The van der Waals surface area contributed by atoms with Crippen molar-refractivity contribution in [2.45, 2.75) is 38.8 Å². The maximum absolute atomic E-state index is 15.3. The Kier molecular flexibility index (Phi) is 11.5. The first-order valence-corrected chi connectivity index (χ1v) is 14.5. The van der Waals surface area contributed by atoms with E-state index < -0.39 is 67.7 Å². The largest absolute Gasteiger partial charge is 0.447 e. The van der Waals surface area contributed by atoms with Gasteiger partial charge >= 0.3 is 12.6 Å². The van der Waals surface area contributed by atoms with Gasteiger partial charge in [0.25, 0.3) is 18.3 Å². The summed E-state index contributed by atoms with van der Waals surface area (Å²) in [6, 6.07) is 5.46. The van der Waals surface area contributed by atoms with Gasteiger partial charge in [0.15, 0.2) is 11.8 Å². The molecular formula is C29H27ClF7N9O3. The van der Waals surface area contributed by atoms with Crippen LogP contribution >= 0.6 is 11.6 Å². The maximum Gasteiger partial charge on any atom is 0.407 e. The minimum atomic E-state index is -3.29. The summed E-state index contributed by atoms with van der Waals surface area (Å²) in [5.74, 6) is -6.55. The van der Waals surface area contributed by atoms with Crippen molar-refractivity contribution in [3.8, 4) is 16.8 Å². The summed E-state index contributed by atoms with van der Waals surface area (Å²) in [7, 11) is 0. The highest BCUT2D eigenvalue weighted by Gasteiger charge is 2.33. The van der Waals surface area contributed by atoms with Gasteiger partial charge in [-0.15, -0.1) is 0 Å². The number of hydrogen-bond acceptors (Lipinski definition) is 7. The molecule has 0 spiro atoms. The van der Waals surface area contributed by atoms with E-state index in [-0.39, 0.29) is 39.5 Å². The fourth-order valence-electron chi connectivity index (χ4n) is 4.49. The zero-order valence-electron chi connectivity index (χ0n) is 25.5. The molecular weight excluding hydrogens is 691 g/mol. The number of aliphatic imine (C=N–C) groups is 1. The van der Waals surface area contributed by atoms with E-state index in [2.05, 4.69) is 20.2 Å². The van der Waals surface area contributed by atoms with Crippen molar-refractivity contribution < 1.29 is 45.1 Å². The summed E-state index contributed by atoms with van der Waals surface area (Å²) in [5.41, 5.74) is 5.61. The van der Waals surface area contributed by atoms with E-state index in [1.54, 1.807) is 6.92 Å². The lowest BCUT2D eigenvalue weighted by Crippen LogP contribution is -2.47. The molecule has 0 aliphatic heterocycles. The molecule has 20 heteroatoms. The predicted molar refractivity (Wildman–Crippen MR) is 161 cm³/mol. The van der Waals surface area contributed by atoms with Crippen LogP contribution in [0.3, 0.4) is 0 Å². The molecule has 2 heterocycles. The molecule has 0 aliphatic rings. The van der Waals surface area contributed by atoms with Crippen LogP contribution in [-0.4, -0.2) is 73.0 Å². The summed E-state index contributed by atoms with van der Waals surface area (Å²) < 4.78 is 102. The fourth-order valence-corrected chi connectivity index (χ4v) is 4.68. The number of carbonyl (C=O) groups is 2. The monoisotopic (exact) mass is 717 g/mol. The first-order valence-electron chi connectivity index (χ1n) is 14.1. The number of benzene rings is 2. The minimum Gasteiger partial charge on any atom is -0.447 e. The van der Waals surface area contributed by atoms with Gasteiger partial charge in [-0.3, -0.25) is 14.7 Å². The van der Waals surface area contributed by atoms with E-state index >= 15 is 4.39 Å². The van der Waals surface area contributed by atoms with Gasteiger partial charge in [-0.05, 0) is 36.8 Å². The van der Waals surface area contributed by atoms with Gasteiger partial charge in [-0.2, -0.15) is 19.0 Å². The lowest BCUT2D eigenvalue weighted by Gasteiger charge is -2.31. The molecule has 0 aliphatic carbocycles. The third kappa shape index (κ3) is 8.84. The van der Waals surface area contributed by atoms with Crippen molar-refractivity contribution in [3.05, 3.63) is 82.9 Å². The summed E-state index contributed by atoms with van der Waals surface area (Å²) in [6.45, 7) is -2.69. The quantitative estimate of drug-likeness (QED) is 0.102. The van der Waals surface area contributed by atoms with Gasteiger partial charge in [0.05, 0.1) is 29.5 Å². The highest BCUT2D eigenvalue weighted by atomic mass is 35.5. The molecule has 12 nitrogen and oxygen atoms in total. The van der Waals surface area contributed by atoms with Crippen molar-refractivity contribution >= 4 is 29.6 Å². The van der Waals surface area contributed by atoms with Crippen LogP contribution in [0.2, 0.25) is 5.02 Å². The molecule has 0 radical (unpaired) electrons. The summed E-state index contributed by atoms with van der Waals surface area (Å²) in [6.07, 6.45) is -1.62. The number of alkyl halides is 6. The number of halogens is 8. The smallest absolute Gasteiger partial charge is 0.407 e. The standard InChI is InChI=1S/C29H27ClF7N9O3/c1-3-39-27(38)45(25(47)16-4-6-18(20(31)8-16)17-10-42-44(11-17)26(34)35)22(12-49-28(48)40-13-29(2,36)37)15-5-7-19(30)21(9-15)46-24(23(32)33)41-14-43-46/h4-11,14,22-23,26H,3,12-13H2,1-2H3,(H2,38,39)(H,40,48)/t22-/m1/s1. The number of guanidine groups is 1. The van der Waals surface area contributed by atoms with Crippen LogP contribution in [0.1, 0.15) is 54.6 Å². The Hall–Kier alpha value is -5.20. The van der Waals surface area contributed by atoms with Crippen LogP contribution in [0.4, 0.5) is 35.5 Å². The average Bonchev–Trinajstić information content (AvgIpc) is 3.73. The number of carbonyl (C=O) groups excluding carboxylic acids is 2. The second-order valence-corrected chi connectivity index (χ2v) is 10.7. The van der Waals surface area contributed by atoms with Crippen molar-refractivity contribution in [1.82, 2.24) is 34.8 Å². The normalized spacial score (nSPS) is 12.8. The molecule has 4 aromatic rings. The zero-order chi connectivity index (χ0) is 36.0. The number of aromatic nitrogens is 5. The lowest BCUT2D eigenvalue weighted by molar-refractivity contribution is 0.0203. The highest BCUT2D eigenvalue weighted by molar-refractivity contribution is 6.32. The molecule has 3 N–H and O–H groups in total. The number of rotatable bonds is 12. The number of alkyl carbamates (subject to hydrolysis) is 1. The van der Waals surface area contributed by atoms with E-state index in [4.69, 9.17) is 22.1 Å². The van der Waals surface area contributed by atoms with Gasteiger partial charge in [-0.25, -0.2) is 41.1 Å². The van der Waals surface area contributed by atoms with Crippen LogP contribution in [-0.2, 0) is 4.74 Å². The molecule has 2 amide bonds. The first-order chi connectivity index (χ1) is 23.1. The number of nitrogens with one attached hydrogen (secondary N) is 1. The minimum absolute atomic E-state index is 0.0133. The van der Waals surface area contributed by atoms with Crippen molar-refractivity contribution in [3.63, 3.8) is 0 Å². The van der Waals surface area contributed by atoms with Crippen molar-refractivity contribution in [2.75, 3.05) is 19.7 Å². The van der Waals surface area contributed by atoms with E-state index in [1.165, 1.54) is 18.2 Å². The Morgan fingerprint density at radius 2 is 1.88 bits per heavy atom. The van der Waals surface area contributed by atoms with E-state index in [9.17, 15) is 35.9 Å². The molecule has 2 aromatic heterocycles. The van der Waals surface area contributed by atoms with Crippen LogP contribution in [0.25, 0.3) is 16.8 Å². The van der Waals surface area contributed by atoms with Crippen LogP contribution in [0.15, 0.2) is 60.1 Å². The number of ether oxygens (including phenoxy) is 1. The Balaban J connectivity index is 1.80. The third-order valence-corrected chi connectivity index (χ3v) is 7.01. The summed E-state index contributed by atoms with van der Waals surface area (Å²) in [4.78, 5) is 34.9. The molecule has 0 saturated carbocycles. The molecule has 0 fully saturated rings. The zero-order valence-corrected chi connectivity index (χ0v) is 26.3. The first kappa shape index (κ1) is 36.6. The van der Waals surface area contributed by atoms with Gasteiger partial charge in [0, 0.05) is 36.4 Å². The number of nitrogens with two attached hydrogens (primary N) is 1. The third-order valence-electron chi connectivity index (χ3n) is 6.69. The molecule has 262 valence electrons. The second-order valence-electron chi connectivity index (χ2n) is 10.3. The number of nitrogens with zero attached hydrogens (tertiary/aromatic N) is 7. The fraction of sp³-hybridized carbons (Fsp3) is 0.310. The van der Waals surface area contributed by atoms with Gasteiger partial charge in [-0.1, -0.05) is 23.7 Å². The van der Waals surface area contributed by atoms with E-state index in [0.29, 0.717) is 11.6 Å². The molecule has 0 bridgehead atoms. The average molecular weight is 718 g/mol. The van der Waals surface area contributed by atoms with Gasteiger partial charge in [0.1, 0.15) is 18.8 Å². The molecule has 0 saturated heterocycles. The summed E-state index contributed by atoms with van der Waals surface area (Å²) >= 11 is 6.31. The predicted octanol–water partition coefficient (Wildman–Crippen LogP) is 6.16. The lowest BCUT2D eigenvalue weighted by atomic mass is 10.0. The molecule has 49 heavy (non-hydrogen) atoms. The van der Waals surface area contributed by atoms with Crippen LogP contribution in [0.5, 0.6) is 0 Å². The Morgan fingerprint density at radius 1 is 1.14 bits per heavy atom. The Labute approximate surface area is 278 Å². The number of amides is 2.